The van der Waals surface area contributed by atoms with Crippen molar-refractivity contribution >= 4 is 17.9 Å². The normalized spacial score (nSPS) is 10.0. The number of amides is 2. The van der Waals surface area contributed by atoms with E-state index in [9.17, 15) is 14.8 Å². The minimum Gasteiger partial charge on any atom is -0.446 e. The molecule has 132 valence electrons. The predicted octanol–water partition coefficient (Wildman–Crippen LogP) is 3.42. The van der Waals surface area contributed by atoms with Crippen LogP contribution in [0.4, 0.5) is 15.3 Å². The highest BCUT2D eigenvalue weighted by atomic mass is 16.6. The Bertz CT molecular complexity index is 731. The number of rotatable bonds is 5. The molecule has 0 unspecified atom stereocenters. The van der Waals surface area contributed by atoms with Gasteiger partial charge in [0, 0.05) is 0 Å². The maximum Gasteiger partial charge on any atom is 0.438 e. The van der Waals surface area contributed by atoms with Crippen LogP contribution in [-0.2, 0) is 4.74 Å². The van der Waals surface area contributed by atoms with E-state index < -0.39 is 12.2 Å². The van der Waals surface area contributed by atoms with Gasteiger partial charge in [-0.3, -0.25) is 5.21 Å². The molecular weight excluding hydrogens is 324 g/mol. The molecule has 2 aromatic carbocycles. The van der Waals surface area contributed by atoms with Crippen LogP contribution in [0.5, 0.6) is 5.75 Å². The molecule has 0 aromatic heterocycles. The zero-order chi connectivity index (χ0) is 18.2. The minimum absolute atomic E-state index is 0.0537. The van der Waals surface area contributed by atoms with Gasteiger partial charge in [-0.05, 0) is 43.7 Å². The van der Waals surface area contributed by atoms with Crippen LogP contribution in [0.15, 0.2) is 48.5 Å². The Hall–Kier alpha value is -3.06. The summed E-state index contributed by atoms with van der Waals surface area (Å²) in [6.45, 7) is 3.72. The molecule has 7 heteroatoms. The summed E-state index contributed by atoms with van der Waals surface area (Å²) in [5, 5.41) is 12.7. The van der Waals surface area contributed by atoms with Crippen LogP contribution in [0.25, 0.3) is 0 Å². The standard InChI is InChI=1S/C18H20N2O5/c1-13-6-8-16(9-7-13)25-17(21)19-10-11-24-18(22)20(23)15-5-3-4-14(2)12-15/h3-9,12,23H,10-11H2,1-2H3,(H,19,21). The van der Waals surface area contributed by atoms with Crippen molar-refractivity contribution in [1.82, 2.24) is 5.32 Å². The van der Waals surface area contributed by atoms with Gasteiger partial charge in [-0.15, -0.1) is 0 Å². The number of carbonyl (C=O) groups is 2. The number of hydrogen-bond acceptors (Lipinski definition) is 5. The highest BCUT2D eigenvalue weighted by Crippen LogP contribution is 2.14. The first-order valence-electron chi connectivity index (χ1n) is 7.70. The predicted molar refractivity (Wildman–Crippen MR) is 92.0 cm³/mol. The summed E-state index contributed by atoms with van der Waals surface area (Å²) in [4.78, 5) is 23.3. The zero-order valence-corrected chi connectivity index (χ0v) is 14.1. The first kappa shape index (κ1) is 18.3. The number of anilines is 1. The molecule has 0 bridgehead atoms. The van der Waals surface area contributed by atoms with E-state index in [1.54, 1.807) is 30.3 Å². The summed E-state index contributed by atoms with van der Waals surface area (Å²) in [5.41, 5.74) is 2.25. The van der Waals surface area contributed by atoms with Crippen molar-refractivity contribution < 1.29 is 24.3 Å². The summed E-state index contributed by atoms with van der Waals surface area (Å²) < 4.78 is 9.94. The molecule has 2 aromatic rings. The highest BCUT2D eigenvalue weighted by molar-refractivity contribution is 5.85. The number of nitrogens with zero attached hydrogens (tertiary/aromatic N) is 1. The van der Waals surface area contributed by atoms with Crippen molar-refractivity contribution in [3.63, 3.8) is 0 Å². The summed E-state index contributed by atoms with van der Waals surface area (Å²) in [6, 6.07) is 13.8. The number of nitrogens with one attached hydrogen (secondary N) is 1. The lowest BCUT2D eigenvalue weighted by atomic mass is 10.2. The van der Waals surface area contributed by atoms with Crippen molar-refractivity contribution in [1.29, 1.82) is 0 Å². The van der Waals surface area contributed by atoms with Gasteiger partial charge in [-0.1, -0.05) is 29.8 Å². The summed E-state index contributed by atoms with van der Waals surface area (Å²) in [6.07, 6.45) is -1.58. The lowest BCUT2D eigenvalue weighted by molar-refractivity contribution is 0.120. The summed E-state index contributed by atoms with van der Waals surface area (Å²) >= 11 is 0. The molecule has 0 radical (unpaired) electrons. The number of aryl methyl sites for hydroxylation is 2. The smallest absolute Gasteiger partial charge is 0.438 e. The molecule has 0 atom stereocenters. The van der Waals surface area contributed by atoms with Crippen LogP contribution in [0.3, 0.4) is 0 Å². The van der Waals surface area contributed by atoms with Crippen LogP contribution < -0.4 is 15.1 Å². The third kappa shape index (κ3) is 5.82. The fourth-order valence-corrected chi connectivity index (χ4v) is 1.97. The van der Waals surface area contributed by atoms with E-state index in [0.29, 0.717) is 16.5 Å². The van der Waals surface area contributed by atoms with Crippen LogP contribution >= 0.6 is 0 Å². The molecule has 2 amide bonds. The van der Waals surface area contributed by atoms with Gasteiger partial charge in [0.05, 0.1) is 12.2 Å². The molecule has 0 saturated heterocycles. The monoisotopic (exact) mass is 344 g/mol. The average molecular weight is 344 g/mol. The molecule has 2 rings (SSSR count). The van der Waals surface area contributed by atoms with Crippen molar-refractivity contribution in [2.24, 2.45) is 0 Å². The third-order valence-corrected chi connectivity index (χ3v) is 3.25. The fraction of sp³-hybridized carbons (Fsp3) is 0.222. The number of hydrogen-bond donors (Lipinski definition) is 2. The first-order valence-corrected chi connectivity index (χ1v) is 7.70. The Morgan fingerprint density at radius 3 is 2.48 bits per heavy atom. The number of benzene rings is 2. The average Bonchev–Trinajstić information content (AvgIpc) is 2.60. The largest absolute Gasteiger partial charge is 0.446 e. The van der Waals surface area contributed by atoms with Gasteiger partial charge in [0.2, 0.25) is 0 Å². The van der Waals surface area contributed by atoms with Crippen molar-refractivity contribution in [2.45, 2.75) is 13.8 Å². The van der Waals surface area contributed by atoms with Crippen LogP contribution in [0, 0.1) is 13.8 Å². The SMILES string of the molecule is Cc1ccc(OC(=O)NCCOC(=O)N(O)c2cccc(C)c2)cc1. The van der Waals surface area contributed by atoms with Gasteiger partial charge in [-0.25, -0.2) is 9.59 Å². The molecule has 7 nitrogen and oxygen atoms in total. The van der Waals surface area contributed by atoms with Crippen molar-refractivity contribution in [2.75, 3.05) is 18.2 Å². The molecule has 0 aliphatic rings. The molecular formula is C18H20N2O5. The summed E-state index contributed by atoms with van der Waals surface area (Å²) in [7, 11) is 0. The molecule has 0 heterocycles. The van der Waals surface area contributed by atoms with Gasteiger partial charge in [-0.2, -0.15) is 5.06 Å². The minimum atomic E-state index is -0.931. The van der Waals surface area contributed by atoms with Gasteiger partial charge in [0.25, 0.3) is 0 Å². The maximum absolute atomic E-state index is 11.7. The quantitative estimate of drug-likeness (QED) is 0.493. The first-order chi connectivity index (χ1) is 12.0. The van der Waals surface area contributed by atoms with E-state index in [2.05, 4.69) is 5.32 Å². The molecule has 0 fully saturated rings. The van der Waals surface area contributed by atoms with E-state index >= 15 is 0 Å². The second kappa shape index (κ2) is 8.70. The molecule has 0 spiro atoms. The molecule has 0 saturated carbocycles. The van der Waals surface area contributed by atoms with Gasteiger partial charge in [0.15, 0.2) is 0 Å². The van der Waals surface area contributed by atoms with E-state index in [1.807, 2.05) is 32.0 Å². The Morgan fingerprint density at radius 1 is 1.08 bits per heavy atom. The van der Waals surface area contributed by atoms with Gasteiger partial charge in [0.1, 0.15) is 12.4 Å². The molecule has 0 aliphatic carbocycles. The van der Waals surface area contributed by atoms with Crippen LogP contribution in [0.2, 0.25) is 0 Å². The lowest BCUT2D eigenvalue weighted by Crippen LogP contribution is -2.33. The zero-order valence-electron chi connectivity index (χ0n) is 14.1. The Balaban J connectivity index is 1.70. The molecule has 25 heavy (non-hydrogen) atoms. The van der Waals surface area contributed by atoms with E-state index in [-0.39, 0.29) is 13.2 Å². The topological polar surface area (TPSA) is 88.1 Å². The van der Waals surface area contributed by atoms with Crippen LogP contribution in [-0.4, -0.2) is 30.5 Å². The third-order valence-electron chi connectivity index (χ3n) is 3.25. The highest BCUT2D eigenvalue weighted by Gasteiger charge is 2.14. The number of hydroxylamine groups is 1. The number of ether oxygens (including phenoxy) is 2. The Morgan fingerprint density at radius 2 is 1.80 bits per heavy atom. The molecule has 0 aliphatic heterocycles. The number of carbonyl (C=O) groups excluding carboxylic acids is 2. The Labute approximate surface area is 145 Å². The Kier molecular flexibility index (Phi) is 6.36. The molecule has 2 N–H and O–H groups in total. The van der Waals surface area contributed by atoms with Crippen molar-refractivity contribution in [3.05, 3.63) is 59.7 Å². The van der Waals surface area contributed by atoms with E-state index in [1.165, 1.54) is 0 Å². The lowest BCUT2D eigenvalue weighted by Gasteiger charge is -2.15. The summed E-state index contributed by atoms with van der Waals surface area (Å²) in [5.74, 6) is 0.418. The van der Waals surface area contributed by atoms with E-state index in [4.69, 9.17) is 9.47 Å². The van der Waals surface area contributed by atoms with Crippen molar-refractivity contribution in [3.8, 4) is 5.75 Å². The second-order valence-corrected chi connectivity index (χ2v) is 5.39. The van der Waals surface area contributed by atoms with E-state index in [0.717, 1.165) is 11.1 Å². The maximum atomic E-state index is 11.7. The second-order valence-electron chi connectivity index (χ2n) is 5.39. The van der Waals surface area contributed by atoms with Gasteiger partial charge < -0.3 is 14.8 Å². The fourth-order valence-electron chi connectivity index (χ4n) is 1.97. The van der Waals surface area contributed by atoms with Crippen LogP contribution in [0.1, 0.15) is 11.1 Å². The van der Waals surface area contributed by atoms with Gasteiger partial charge >= 0.3 is 12.2 Å².